The average Bonchev–Trinajstić information content (AvgIpc) is 2.86. The third kappa shape index (κ3) is 6.87. The van der Waals surface area contributed by atoms with Gasteiger partial charge in [-0.1, -0.05) is 92.9 Å². The topological polar surface area (TPSA) is 9.23 Å². The third-order valence-corrected chi connectivity index (χ3v) is 6.46. The average molecular weight is 495 g/mol. The van der Waals surface area contributed by atoms with Crippen LogP contribution in [0.2, 0.25) is 0 Å². The predicted molar refractivity (Wildman–Crippen MR) is 138 cm³/mol. The molecule has 0 atom stereocenters. The molecule has 0 aromatic heterocycles. The van der Waals surface area contributed by atoms with Crippen molar-refractivity contribution in [3.63, 3.8) is 0 Å². The quantitative estimate of drug-likeness (QED) is 0.158. The molecule has 0 saturated heterocycles. The zero-order valence-corrected chi connectivity index (χ0v) is 20.4. The molecule has 5 heteroatoms. The van der Waals surface area contributed by atoms with Crippen LogP contribution >= 0.6 is 0 Å². The third-order valence-electron chi connectivity index (χ3n) is 6.46. The highest BCUT2D eigenvalue weighted by atomic mass is 19.4. The van der Waals surface area contributed by atoms with Gasteiger partial charge < -0.3 is 4.74 Å². The van der Waals surface area contributed by atoms with E-state index < -0.39 is 12.2 Å². The lowest BCUT2D eigenvalue weighted by molar-refractivity contribution is -0.274. The first-order valence-electron chi connectivity index (χ1n) is 12.5. The number of hydrogen-bond acceptors (Lipinski definition) is 1. The van der Waals surface area contributed by atoms with Crippen LogP contribution < -0.4 is 4.74 Å². The van der Waals surface area contributed by atoms with Gasteiger partial charge in [0.1, 0.15) is 11.6 Å². The minimum Gasteiger partial charge on any atom is -0.406 e. The monoisotopic (exact) mass is 494 g/mol. The van der Waals surface area contributed by atoms with Crippen molar-refractivity contribution in [2.45, 2.75) is 58.2 Å². The summed E-state index contributed by atoms with van der Waals surface area (Å²) in [6.45, 7) is 2.22. The van der Waals surface area contributed by atoms with Gasteiger partial charge in [0.05, 0.1) is 0 Å². The SMILES string of the molecule is CCCCCCc1ccc(CCc2ccc3c(F)c(-c4ccc(OC(F)(F)F)cc4)ccc3c2)cc1. The van der Waals surface area contributed by atoms with Crippen molar-refractivity contribution < 1.29 is 22.3 Å². The Labute approximate surface area is 209 Å². The second-order valence-electron chi connectivity index (χ2n) is 9.18. The van der Waals surface area contributed by atoms with E-state index in [-0.39, 0.29) is 5.75 Å². The fourth-order valence-corrected chi connectivity index (χ4v) is 4.47. The molecule has 1 nitrogen and oxygen atoms in total. The summed E-state index contributed by atoms with van der Waals surface area (Å²) in [7, 11) is 0. The van der Waals surface area contributed by atoms with Crippen molar-refractivity contribution in [2.75, 3.05) is 0 Å². The molecule has 0 bridgehead atoms. The Balaban J connectivity index is 1.41. The summed E-state index contributed by atoms with van der Waals surface area (Å²) < 4.78 is 56.3. The molecule has 4 rings (SSSR count). The van der Waals surface area contributed by atoms with E-state index in [0.717, 1.165) is 30.2 Å². The van der Waals surface area contributed by atoms with Gasteiger partial charge in [0.15, 0.2) is 0 Å². The largest absolute Gasteiger partial charge is 0.573 e. The van der Waals surface area contributed by atoms with E-state index >= 15 is 4.39 Å². The first-order chi connectivity index (χ1) is 17.3. The lowest BCUT2D eigenvalue weighted by Crippen LogP contribution is -2.16. The highest BCUT2D eigenvalue weighted by Gasteiger charge is 2.31. The molecule has 188 valence electrons. The summed E-state index contributed by atoms with van der Waals surface area (Å²) in [5.74, 6) is -0.725. The Morgan fingerprint density at radius 3 is 1.97 bits per heavy atom. The highest BCUT2D eigenvalue weighted by molar-refractivity contribution is 5.88. The summed E-state index contributed by atoms with van der Waals surface area (Å²) in [5, 5.41) is 1.28. The Morgan fingerprint density at radius 1 is 0.667 bits per heavy atom. The molecule has 0 N–H and O–H groups in total. The van der Waals surface area contributed by atoms with Crippen molar-refractivity contribution >= 4 is 10.8 Å². The Kier molecular flexibility index (Phi) is 8.29. The van der Waals surface area contributed by atoms with Gasteiger partial charge in [-0.15, -0.1) is 13.2 Å². The van der Waals surface area contributed by atoms with Gasteiger partial charge in [-0.05, 0) is 65.5 Å². The second-order valence-corrected chi connectivity index (χ2v) is 9.18. The Morgan fingerprint density at radius 2 is 1.31 bits per heavy atom. The van der Waals surface area contributed by atoms with E-state index in [4.69, 9.17) is 0 Å². The number of halogens is 4. The Bertz CT molecular complexity index is 1280. The minimum atomic E-state index is -4.76. The maximum atomic E-state index is 15.3. The maximum Gasteiger partial charge on any atom is 0.573 e. The van der Waals surface area contributed by atoms with Crippen molar-refractivity contribution in [1.82, 2.24) is 0 Å². The van der Waals surface area contributed by atoms with Crippen LogP contribution in [0.3, 0.4) is 0 Å². The molecule has 0 spiro atoms. The first kappa shape index (κ1) is 25.7. The van der Waals surface area contributed by atoms with Crippen LogP contribution in [0.1, 0.15) is 49.3 Å². The molecule has 0 fully saturated rings. The first-order valence-corrected chi connectivity index (χ1v) is 12.5. The molecule has 0 aliphatic heterocycles. The van der Waals surface area contributed by atoms with Crippen LogP contribution in [0, 0.1) is 5.82 Å². The van der Waals surface area contributed by atoms with E-state index in [2.05, 4.69) is 35.9 Å². The van der Waals surface area contributed by atoms with Crippen molar-refractivity contribution in [2.24, 2.45) is 0 Å². The summed E-state index contributed by atoms with van der Waals surface area (Å²) >= 11 is 0. The van der Waals surface area contributed by atoms with Crippen LogP contribution in [0.5, 0.6) is 5.75 Å². The van der Waals surface area contributed by atoms with Gasteiger partial charge in [-0.2, -0.15) is 0 Å². The number of ether oxygens (including phenoxy) is 1. The second kappa shape index (κ2) is 11.6. The maximum absolute atomic E-state index is 15.3. The van der Waals surface area contributed by atoms with E-state index in [9.17, 15) is 13.2 Å². The van der Waals surface area contributed by atoms with E-state index in [0.29, 0.717) is 16.5 Å². The number of fused-ring (bicyclic) bond motifs is 1. The normalized spacial score (nSPS) is 11.7. The molecule has 4 aromatic rings. The van der Waals surface area contributed by atoms with Gasteiger partial charge in [-0.25, -0.2) is 4.39 Å². The van der Waals surface area contributed by atoms with Gasteiger partial charge in [0.25, 0.3) is 0 Å². The highest BCUT2D eigenvalue weighted by Crippen LogP contribution is 2.32. The smallest absolute Gasteiger partial charge is 0.406 e. The molecule has 4 aromatic carbocycles. The van der Waals surface area contributed by atoms with E-state index in [1.807, 2.05) is 18.2 Å². The van der Waals surface area contributed by atoms with Crippen LogP contribution in [-0.2, 0) is 19.3 Å². The molecule has 36 heavy (non-hydrogen) atoms. The number of aryl methyl sites for hydroxylation is 3. The van der Waals surface area contributed by atoms with Crippen LogP contribution in [0.15, 0.2) is 78.9 Å². The molecule has 0 heterocycles. The Hall–Kier alpha value is -3.34. The zero-order valence-electron chi connectivity index (χ0n) is 20.4. The van der Waals surface area contributed by atoms with Gasteiger partial charge in [-0.3, -0.25) is 0 Å². The lowest BCUT2D eigenvalue weighted by Gasteiger charge is -2.11. The fourth-order valence-electron chi connectivity index (χ4n) is 4.47. The molecular formula is C31H30F4O. The molecule has 0 unspecified atom stereocenters. The number of rotatable bonds is 10. The zero-order chi connectivity index (χ0) is 25.5. The van der Waals surface area contributed by atoms with Crippen molar-refractivity contribution in [1.29, 1.82) is 0 Å². The van der Waals surface area contributed by atoms with Crippen molar-refractivity contribution in [3.05, 3.63) is 101 Å². The van der Waals surface area contributed by atoms with Crippen LogP contribution in [0.4, 0.5) is 17.6 Å². The van der Waals surface area contributed by atoms with E-state index in [1.54, 1.807) is 12.1 Å². The molecule has 0 aliphatic rings. The summed E-state index contributed by atoms with van der Waals surface area (Å²) in [4.78, 5) is 0. The molecule has 0 amide bonds. The predicted octanol–water partition coefficient (Wildman–Crippen LogP) is 9.45. The lowest BCUT2D eigenvalue weighted by atomic mass is 9.96. The van der Waals surface area contributed by atoms with Crippen LogP contribution in [-0.4, -0.2) is 6.36 Å². The number of benzene rings is 4. The number of alkyl halides is 3. The van der Waals surface area contributed by atoms with Gasteiger partial charge in [0, 0.05) is 10.9 Å². The van der Waals surface area contributed by atoms with Gasteiger partial charge >= 0.3 is 6.36 Å². The van der Waals surface area contributed by atoms with Gasteiger partial charge in [0.2, 0.25) is 0 Å². The molecule has 0 saturated carbocycles. The fraction of sp³-hybridized carbons (Fsp3) is 0.290. The molecule has 0 radical (unpaired) electrons. The number of hydrogen-bond donors (Lipinski definition) is 0. The summed E-state index contributed by atoms with van der Waals surface area (Å²) in [6, 6.07) is 23.3. The van der Waals surface area contributed by atoms with Crippen LogP contribution in [0.25, 0.3) is 21.9 Å². The molecular weight excluding hydrogens is 464 g/mol. The standard InChI is InChI=1S/C31H30F4O/c1-2-3-4-5-6-22-7-9-23(10-8-22)11-12-24-13-19-29-26(21-24)16-20-28(30(29)32)25-14-17-27(18-15-25)36-31(33,34)35/h7-10,13-21H,2-6,11-12H2,1H3. The minimum absolute atomic E-state index is 0.335. The summed E-state index contributed by atoms with van der Waals surface area (Å²) in [6.07, 6.45) is 3.20. The van der Waals surface area contributed by atoms with E-state index in [1.165, 1.54) is 61.1 Å². The summed E-state index contributed by atoms with van der Waals surface area (Å²) in [5.41, 5.74) is 4.62. The van der Waals surface area contributed by atoms with Crippen molar-refractivity contribution in [3.8, 4) is 16.9 Å². The molecule has 0 aliphatic carbocycles. The number of unbranched alkanes of at least 4 members (excludes halogenated alkanes) is 3.